The Morgan fingerprint density at radius 2 is 1.90 bits per heavy atom. The first-order valence-electron chi connectivity index (χ1n) is 5.76. The number of carboxylic acid groups (broad SMARTS) is 1. The van der Waals surface area contributed by atoms with E-state index in [4.69, 9.17) is 21.4 Å². The zero-order valence-corrected chi connectivity index (χ0v) is 11.1. The van der Waals surface area contributed by atoms with E-state index in [0.717, 1.165) is 0 Å². The second kappa shape index (κ2) is 6.09. The van der Waals surface area contributed by atoms with Crippen molar-refractivity contribution in [3.05, 3.63) is 53.1 Å². The predicted octanol–water partition coefficient (Wildman–Crippen LogP) is 3.34. The molecule has 0 aliphatic rings. The van der Waals surface area contributed by atoms with Crippen LogP contribution in [0.2, 0.25) is 5.02 Å². The molecule has 2 rings (SSSR count). The summed E-state index contributed by atoms with van der Waals surface area (Å²) in [7, 11) is 0. The van der Waals surface area contributed by atoms with Crippen LogP contribution in [0.3, 0.4) is 0 Å². The highest BCUT2D eigenvalue weighted by Gasteiger charge is 2.13. The molecule has 5 heteroatoms. The summed E-state index contributed by atoms with van der Waals surface area (Å²) in [5.74, 6) is -0.871. The van der Waals surface area contributed by atoms with Crippen molar-refractivity contribution in [1.82, 2.24) is 0 Å². The van der Waals surface area contributed by atoms with Gasteiger partial charge < -0.3 is 9.84 Å². The molecule has 20 heavy (non-hydrogen) atoms. The smallest absolute Gasteiger partial charge is 0.341 e. The molecule has 0 unspecified atom stereocenters. The van der Waals surface area contributed by atoms with Crippen molar-refractivity contribution in [3.8, 4) is 22.9 Å². The van der Waals surface area contributed by atoms with E-state index in [2.05, 4.69) is 0 Å². The first-order valence-corrected chi connectivity index (χ1v) is 6.14. The van der Waals surface area contributed by atoms with Gasteiger partial charge in [0.2, 0.25) is 0 Å². The van der Waals surface area contributed by atoms with E-state index >= 15 is 0 Å². The first-order chi connectivity index (χ1) is 9.63. The summed E-state index contributed by atoms with van der Waals surface area (Å²) >= 11 is 6.12. The Bertz CT molecular complexity index is 692. The molecule has 2 aromatic carbocycles. The number of ether oxygens (including phenoxy) is 1. The Labute approximate surface area is 120 Å². The minimum atomic E-state index is -1.10. The lowest BCUT2D eigenvalue weighted by Crippen LogP contribution is -2.10. The summed E-state index contributed by atoms with van der Waals surface area (Å²) in [6.07, 6.45) is 0. The highest BCUT2D eigenvalue weighted by molar-refractivity contribution is 6.33. The molecule has 0 aliphatic carbocycles. The van der Waals surface area contributed by atoms with Crippen LogP contribution in [-0.4, -0.2) is 17.7 Å². The number of hydrogen-bond donors (Lipinski definition) is 1. The monoisotopic (exact) mass is 287 g/mol. The van der Waals surface area contributed by atoms with Crippen LogP contribution >= 0.6 is 11.6 Å². The summed E-state index contributed by atoms with van der Waals surface area (Å²) in [5.41, 5.74) is 1.58. The second-order valence-corrected chi connectivity index (χ2v) is 4.36. The molecule has 0 bridgehead atoms. The van der Waals surface area contributed by atoms with Crippen molar-refractivity contribution in [1.29, 1.82) is 5.26 Å². The summed E-state index contributed by atoms with van der Waals surface area (Å²) in [5, 5.41) is 18.4. The maximum Gasteiger partial charge on any atom is 0.341 e. The summed E-state index contributed by atoms with van der Waals surface area (Å²) in [6, 6.07) is 14.2. The van der Waals surface area contributed by atoms with Crippen LogP contribution in [0.25, 0.3) is 11.1 Å². The molecule has 0 radical (unpaired) electrons. The Balaban J connectivity index is 2.50. The summed E-state index contributed by atoms with van der Waals surface area (Å²) in [6.45, 7) is -0.499. The molecule has 1 N–H and O–H groups in total. The van der Waals surface area contributed by atoms with E-state index in [1.54, 1.807) is 36.4 Å². The van der Waals surface area contributed by atoms with Crippen LogP contribution in [0.1, 0.15) is 5.56 Å². The Morgan fingerprint density at radius 3 is 2.55 bits per heavy atom. The Kier molecular flexibility index (Phi) is 4.24. The highest BCUT2D eigenvalue weighted by atomic mass is 35.5. The lowest BCUT2D eigenvalue weighted by atomic mass is 9.99. The van der Waals surface area contributed by atoms with Crippen LogP contribution < -0.4 is 4.74 Å². The summed E-state index contributed by atoms with van der Waals surface area (Å²) in [4.78, 5) is 10.6. The fraction of sp³-hybridized carbons (Fsp3) is 0.0667. The van der Waals surface area contributed by atoms with E-state index in [1.165, 1.54) is 0 Å². The van der Waals surface area contributed by atoms with Gasteiger partial charge in [0.25, 0.3) is 0 Å². The Morgan fingerprint density at radius 1 is 1.20 bits per heavy atom. The molecule has 2 aromatic rings. The van der Waals surface area contributed by atoms with Gasteiger partial charge >= 0.3 is 5.97 Å². The topological polar surface area (TPSA) is 70.3 Å². The van der Waals surface area contributed by atoms with Gasteiger partial charge in [-0.1, -0.05) is 41.9 Å². The van der Waals surface area contributed by atoms with Crippen molar-refractivity contribution < 1.29 is 14.6 Å². The minimum Gasteiger partial charge on any atom is -0.481 e. The van der Waals surface area contributed by atoms with Crippen LogP contribution in [-0.2, 0) is 4.79 Å². The zero-order valence-electron chi connectivity index (χ0n) is 10.3. The largest absolute Gasteiger partial charge is 0.481 e. The van der Waals surface area contributed by atoms with Gasteiger partial charge in [-0.05, 0) is 12.1 Å². The SMILES string of the molecule is N#Cc1c(OCC(=O)O)cccc1-c1ccccc1Cl. The molecule has 0 aromatic heterocycles. The normalized spacial score (nSPS) is 9.80. The number of aliphatic carboxylic acids is 1. The van der Waals surface area contributed by atoms with Gasteiger partial charge in [0.05, 0.1) is 0 Å². The van der Waals surface area contributed by atoms with Gasteiger partial charge in [0.15, 0.2) is 6.61 Å². The Hall–Kier alpha value is -2.51. The van der Waals surface area contributed by atoms with Crippen LogP contribution in [0.15, 0.2) is 42.5 Å². The van der Waals surface area contributed by atoms with Crippen LogP contribution in [0.4, 0.5) is 0 Å². The van der Waals surface area contributed by atoms with Crippen molar-refractivity contribution in [2.24, 2.45) is 0 Å². The molecule has 100 valence electrons. The van der Waals surface area contributed by atoms with E-state index < -0.39 is 12.6 Å². The zero-order chi connectivity index (χ0) is 14.5. The fourth-order valence-electron chi connectivity index (χ4n) is 1.81. The number of carboxylic acids is 1. The van der Waals surface area contributed by atoms with E-state index in [0.29, 0.717) is 16.1 Å². The molecule has 4 nitrogen and oxygen atoms in total. The van der Waals surface area contributed by atoms with Gasteiger partial charge in [-0.15, -0.1) is 0 Å². The van der Waals surface area contributed by atoms with Gasteiger partial charge in [-0.3, -0.25) is 0 Å². The first kappa shape index (κ1) is 13.9. The molecular formula is C15H10ClNO3. The molecule has 0 spiro atoms. The third kappa shape index (κ3) is 2.90. The maximum atomic E-state index is 10.6. The number of nitriles is 1. The van der Waals surface area contributed by atoms with E-state index in [9.17, 15) is 10.1 Å². The number of hydrogen-bond acceptors (Lipinski definition) is 3. The van der Waals surface area contributed by atoms with Crippen molar-refractivity contribution in [2.75, 3.05) is 6.61 Å². The van der Waals surface area contributed by atoms with E-state index in [-0.39, 0.29) is 11.3 Å². The summed E-state index contributed by atoms with van der Waals surface area (Å²) < 4.78 is 5.13. The van der Waals surface area contributed by atoms with Gasteiger partial charge in [0.1, 0.15) is 17.4 Å². The van der Waals surface area contributed by atoms with Gasteiger partial charge in [0, 0.05) is 16.1 Å². The lowest BCUT2D eigenvalue weighted by Gasteiger charge is -2.11. The van der Waals surface area contributed by atoms with Crippen molar-refractivity contribution in [2.45, 2.75) is 0 Å². The number of halogens is 1. The third-order valence-corrected chi connectivity index (χ3v) is 2.98. The van der Waals surface area contributed by atoms with Gasteiger partial charge in [-0.2, -0.15) is 5.26 Å². The average molecular weight is 288 g/mol. The molecule has 0 atom stereocenters. The molecule has 0 amide bonds. The fourth-order valence-corrected chi connectivity index (χ4v) is 2.05. The molecule has 0 heterocycles. The second-order valence-electron chi connectivity index (χ2n) is 3.95. The van der Waals surface area contributed by atoms with E-state index in [1.807, 2.05) is 12.1 Å². The number of nitrogens with zero attached hydrogens (tertiary/aromatic N) is 1. The lowest BCUT2D eigenvalue weighted by molar-refractivity contribution is -0.139. The predicted molar refractivity (Wildman–Crippen MR) is 74.7 cm³/mol. The average Bonchev–Trinajstić information content (AvgIpc) is 2.45. The number of carbonyl (C=O) groups is 1. The molecule has 0 fully saturated rings. The number of benzene rings is 2. The van der Waals surface area contributed by atoms with Crippen molar-refractivity contribution >= 4 is 17.6 Å². The van der Waals surface area contributed by atoms with Crippen LogP contribution in [0.5, 0.6) is 5.75 Å². The standard InChI is InChI=1S/C15H10ClNO3/c16-13-6-2-1-4-11(13)10-5-3-7-14(12(10)8-17)20-9-15(18)19/h1-7H,9H2,(H,18,19). The number of rotatable bonds is 4. The maximum absolute atomic E-state index is 10.6. The minimum absolute atomic E-state index is 0.229. The van der Waals surface area contributed by atoms with Crippen molar-refractivity contribution in [3.63, 3.8) is 0 Å². The highest BCUT2D eigenvalue weighted by Crippen LogP contribution is 2.34. The molecular weight excluding hydrogens is 278 g/mol. The molecule has 0 saturated carbocycles. The quantitative estimate of drug-likeness (QED) is 0.936. The van der Waals surface area contributed by atoms with Crippen LogP contribution in [0, 0.1) is 11.3 Å². The molecule has 0 aliphatic heterocycles. The third-order valence-electron chi connectivity index (χ3n) is 2.65. The van der Waals surface area contributed by atoms with Gasteiger partial charge in [-0.25, -0.2) is 4.79 Å². The molecule has 0 saturated heterocycles.